The van der Waals surface area contributed by atoms with Gasteiger partial charge in [0.1, 0.15) is 0 Å². The van der Waals surface area contributed by atoms with Crippen LogP contribution in [0.5, 0.6) is 0 Å². The van der Waals surface area contributed by atoms with Crippen molar-refractivity contribution in [2.24, 2.45) is 0 Å². The summed E-state index contributed by atoms with van der Waals surface area (Å²) >= 11 is 0. The van der Waals surface area contributed by atoms with Gasteiger partial charge in [0.2, 0.25) is 0 Å². The van der Waals surface area contributed by atoms with E-state index in [1.54, 1.807) is 0 Å². The van der Waals surface area contributed by atoms with Gasteiger partial charge in [-0.3, -0.25) is 0 Å². The zero-order valence-corrected chi connectivity index (χ0v) is 10.7. The lowest BCUT2D eigenvalue weighted by Crippen LogP contribution is -2.44. The van der Waals surface area contributed by atoms with Crippen molar-refractivity contribution in [1.82, 2.24) is 4.90 Å². The maximum atomic E-state index is 11.7. The van der Waals surface area contributed by atoms with Crippen LogP contribution in [0.3, 0.4) is 0 Å². The Morgan fingerprint density at radius 2 is 2.12 bits per heavy atom. The fourth-order valence-corrected chi connectivity index (χ4v) is 2.38. The number of hydrogen-bond acceptors (Lipinski definition) is 2. The van der Waals surface area contributed by atoms with Gasteiger partial charge in [0.05, 0.1) is 6.61 Å². The summed E-state index contributed by atoms with van der Waals surface area (Å²) in [6.45, 7) is 5.45. The molecule has 0 radical (unpaired) electrons. The van der Waals surface area contributed by atoms with Crippen LogP contribution in [0.1, 0.15) is 58.8 Å². The van der Waals surface area contributed by atoms with Gasteiger partial charge in [-0.15, -0.1) is 0 Å². The molecule has 0 aromatic rings. The van der Waals surface area contributed by atoms with E-state index >= 15 is 0 Å². The standard InChI is InChI=1S/C13H25NO2/c1-3-5-6-9-12-10-7-8-11-14(12)13(15)16-4-2/h12H,3-11H2,1-2H3. The van der Waals surface area contributed by atoms with E-state index in [1.165, 1.54) is 25.7 Å². The highest BCUT2D eigenvalue weighted by Crippen LogP contribution is 2.22. The number of rotatable bonds is 5. The Hall–Kier alpha value is -0.730. The van der Waals surface area contributed by atoms with E-state index in [2.05, 4.69) is 6.92 Å². The van der Waals surface area contributed by atoms with E-state index in [9.17, 15) is 4.79 Å². The molecule has 16 heavy (non-hydrogen) atoms. The maximum absolute atomic E-state index is 11.7. The van der Waals surface area contributed by atoms with Crippen LogP contribution in [-0.4, -0.2) is 30.2 Å². The molecule has 0 spiro atoms. The number of carbonyl (C=O) groups excluding carboxylic acids is 1. The highest BCUT2D eigenvalue weighted by atomic mass is 16.6. The fourth-order valence-electron chi connectivity index (χ4n) is 2.38. The van der Waals surface area contributed by atoms with Gasteiger partial charge in [-0.2, -0.15) is 0 Å². The lowest BCUT2D eigenvalue weighted by molar-refractivity contribution is 0.0738. The van der Waals surface area contributed by atoms with Crippen LogP contribution in [0, 0.1) is 0 Å². The number of unbranched alkanes of at least 4 members (excludes halogenated alkanes) is 2. The normalized spacial score (nSPS) is 20.9. The second kappa shape index (κ2) is 7.53. The zero-order chi connectivity index (χ0) is 11.8. The van der Waals surface area contributed by atoms with Crippen LogP contribution in [0.4, 0.5) is 4.79 Å². The molecule has 1 aliphatic rings. The Kier molecular flexibility index (Phi) is 6.27. The third kappa shape index (κ3) is 4.03. The highest BCUT2D eigenvalue weighted by Gasteiger charge is 2.26. The summed E-state index contributed by atoms with van der Waals surface area (Å²) in [6, 6.07) is 0.430. The molecule has 1 saturated heterocycles. The molecule has 0 saturated carbocycles. The minimum Gasteiger partial charge on any atom is -0.450 e. The lowest BCUT2D eigenvalue weighted by atomic mass is 9.97. The van der Waals surface area contributed by atoms with Crippen molar-refractivity contribution in [1.29, 1.82) is 0 Å². The lowest BCUT2D eigenvalue weighted by Gasteiger charge is -2.34. The number of likely N-dealkylation sites (tertiary alicyclic amines) is 1. The Labute approximate surface area is 99.1 Å². The molecule has 1 atom stereocenters. The van der Waals surface area contributed by atoms with E-state index in [4.69, 9.17) is 4.74 Å². The van der Waals surface area contributed by atoms with Crippen molar-refractivity contribution in [3.63, 3.8) is 0 Å². The van der Waals surface area contributed by atoms with Gasteiger partial charge in [0.15, 0.2) is 0 Å². The van der Waals surface area contributed by atoms with Crippen LogP contribution in [0.2, 0.25) is 0 Å². The Bertz CT molecular complexity index is 206. The summed E-state index contributed by atoms with van der Waals surface area (Å²) in [6.07, 6.45) is 8.32. The number of piperidine rings is 1. The number of ether oxygens (including phenoxy) is 1. The third-order valence-electron chi connectivity index (χ3n) is 3.27. The second-order valence-electron chi connectivity index (χ2n) is 4.54. The molecule has 0 aromatic carbocycles. The smallest absolute Gasteiger partial charge is 0.409 e. The number of carbonyl (C=O) groups is 1. The SMILES string of the molecule is CCCCCC1CCCCN1C(=O)OCC. The second-order valence-corrected chi connectivity index (χ2v) is 4.54. The molecule has 0 aromatic heterocycles. The highest BCUT2D eigenvalue weighted by molar-refractivity contribution is 5.68. The number of amides is 1. The monoisotopic (exact) mass is 227 g/mol. The van der Waals surface area contributed by atoms with Crippen molar-refractivity contribution in [3.8, 4) is 0 Å². The topological polar surface area (TPSA) is 29.5 Å². The van der Waals surface area contributed by atoms with Crippen molar-refractivity contribution >= 4 is 6.09 Å². The van der Waals surface area contributed by atoms with E-state index in [0.717, 1.165) is 25.8 Å². The maximum Gasteiger partial charge on any atom is 0.409 e. The van der Waals surface area contributed by atoms with Gasteiger partial charge >= 0.3 is 6.09 Å². The molecule has 3 heteroatoms. The first kappa shape index (κ1) is 13.3. The van der Waals surface area contributed by atoms with Crippen molar-refractivity contribution in [2.45, 2.75) is 64.8 Å². The summed E-state index contributed by atoms with van der Waals surface area (Å²) < 4.78 is 5.10. The molecule has 0 bridgehead atoms. The Morgan fingerprint density at radius 3 is 2.81 bits per heavy atom. The van der Waals surface area contributed by atoms with Crippen LogP contribution < -0.4 is 0 Å². The van der Waals surface area contributed by atoms with E-state index in [1.807, 2.05) is 11.8 Å². The summed E-state index contributed by atoms with van der Waals surface area (Å²) in [4.78, 5) is 13.7. The zero-order valence-electron chi connectivity index (χ0n) is 10.7. The van der Waals surface area contributed by atoms with Crippen LogP contribution in [0.25, 0.3) is 0 Å². The molecule has 1 rings (SSSR count). The quantitative estimate of drug-likeness (QED) is 0.672. The summed E-state index contributed by atoms with van der Waals surface area (Å²) in [5.74, 6) is 0. The predicted molar refractivity (Wildman–Crippen MR) is 65.5 cm³/mol. The molecular weight excluding hydrogens is 202 g/mol. The average Bonchev–Trinajstić information content (AvgIpc) is 2.30. The van der Waals surface area contributed by atoms with Crippen molar-refractivity contribution in [2.75, 3.05) is 13.2 Å². The first-order valence-corrected chi connectivity index (χ1v) is 6.73. The molecular formula is C13H25NO2. The van der Waals surface area contributed by atoms with Gasteiger partial charge in [-0.05, 0) is 32.6 Å². The molecule has 0 aliphatic carbocycles. The minimum absolute atomic E-state index is 0.108. The van der Waals surface area contributed by atoms with Gasteiger partial charge in [0.25, 0.3) is 0 Å². The van der Waals surface area contributed by atoms with Crippen LogP contribution in [-0.2, 0) is 4.74 Å². The van der Waals surface area contributed by atoms with E-state index < -0.39 is 0 Å². The molecule has 94 valence electrons. The summed E-state index contributed by atoms with van der Waals surface area (Å²) in [5, 5.41) is 0. The molecule has 1 unspecified atom stereocenters. The number of hydrogen-bond donors (Lipinski definition) is 0. The predicted octanol–water partition coefficient (Wildman–Crippen LogP) is 3.58. The van der Waals surface area contributed by atoms with Crippen LogP contribution >= 0.6 is 0 Å². The van der Waals surface area contributed by atoms with E-state index in [0.29, 0.717) is 12.6 Å². The molecule has 1 fully saturated rings. The molecule has 1 aliphatic heterocycles. The fraction of sp³-hybridized carbons (Fsp3) is 0.923. The average molecular weight is 227 g/mol. The third-order valence-corrected chi connectivity index (χ3v) is 3.27. The molecule has 0 N–H and O–H groups in total. The molecule has 1 heterocycles. The molecule has 3 nitrogen and oxygen atoms in total. The van der Waals surface area contributed by atoms with Crippen LogP contribution in [0.15, 0.2) is 0 Å². The van der Waals surface area contributed by atoms with Gasteiger partial charge in [0, 0.05) is 12.6 Å². The van der Waals surface area contributed by atoms with Crippen molar-refractivity contribution < 1.29 is 9.53 Å². The van der Waals surface area contributed by atoms with E-state index in [-0.39, 0.29) is 6.09 Å². The first-order valence-electron chi connectivity index (χ1n) is 6.73. The first-order chi connectivity index (χ1) is 7.79. The minimum atomic E-state index is -0.108. The van der Waals surface area contributed by atoms with Gasteiger partial charge in [-0.1, -0.05) is 26.2 Å². The Balaban J connectivity index is 2.40. The summed E-state index contributed by atoms with van der Waals surface area (Å²) in [7, 11) is 0. The van der Waals surface area contributed by atoms with Gasteiger partial charge < -0.3 is 9.64 Å². The number of nitrogens with zero attached hydrogens (tertiary/aromatic N) is 1. The Morgan fingerprint density at radius 1 is 1.31 bits per heavy atom. The van der Waals surface area contributed by atoms with Gasteiger partial charge in [-0.25, -0.2) is 4.79 Å². The van der Waals surface area contributed by atoms with Crippen molar-refractivity contribution in [3.05, 3.63) is 0 Å². The molecule has 1 amide bonds. The largest absolute Gasteiger partial charge is 0.450 e. The summed E-state index contributed by atoms with van der Waals surface area (Å²) in [5.41, 5.74) is 0.